The van der Waals surface area contributed by atoms with Crippen molar-refractivity contribution >= 4 is 29.0 Å². The monoisotopic (exact) mass is 369 g/mol. The van der Waals surface area contributed by atoms with Gasteiger partial charge in [-0.1, -0.05) is 6.07 Å². The van der Waals surface area contributed by atoms with Crippen LogP contribution in [0.5, 0.6) is 0 Å². The first kappa shape index (κ1) is 17.9. The van der Waals surface area contributed by atoms with Crippen LogP contribution in [0.1, 0.15) is 33.1 Å². The van der Waals surface area contributed by atoms with Crippen molar-refractivity contribution in [1.29, 1.82) is 0 Å². The Hall–Kier alpha value is -2.89. The number of nitrogens with one attached hydrogen (secondary N) is 1. The third kappa shape index (κ3) is 4.02. The molecule has 7 nitrogen and oxygen atoms in total. The van der Waals surface area contributed by atoms with Gasteiger partial charge in [-0.15, -0.1) is 11.3 Å². The van der Waals surface area contributed by atoms with Crippen molar-refractivity contribution in [1.82, 2.24) is 10.3 Å². The van der Waals surface area contributed by atoms with E-state index in [0.29, 0.717) is 22.8 Å². The molecule has 0 unspecified atom stereocenters. The first-order valence-corrected chi connectivity index (χ1v) is 9.04. The van der Waals surface area contributed by atoms with Gasteiger partial charge in [-0.05, 0) is 49.4 Å². The van der Waals surface area contributed by atoms with E-state index in [0.717, 1.165) is 30.7 Å². The zero-order valence-corrected chi connectivity index (χ0v) is 14.9. The van der Waals surface area contributed by atoms with Gasteiger partial charge in [-0.25, -0.2) is 9.78 Å². The minimum atomic E-state index is -0.608. The number of anilines is 1. The smallest absolute Gasteiger partial charge is 0.319 e. The molecule has 8 heteroatoms. The van der Waals surface area contributed by atoms with Crippen molar-refractivity contribution in [2.75, 3.05) is 18.0 Å². The highest BCUT2D eigenvalue weighted by Gasteiger charge is 2.29. The van der Waals surface area contributed by atoms with Gasteiger partial charge in [0.1, 0.15) is 10.6 Å². The molecule has 1 saturated heterocycles. The van der Waals surface area contributed by atoms with Crippen LogP contribution in [-0.4, -0.2) is 36.1 Å². The van der Waals surface area contributed by atoms with Gasteiger partial charge in [0, 0.05) is 12.7 Å². The van der Waals surface area contributed by atoms with E-state index in [2.05, 4.69) is 22.1 Å². The Labute approximate surface area is 155 Å². The van der Waals surface area contributed by atoms with E-state index in [4.69, 9.17) is 11.5 Å². The number of hydrogen-bond donors (Lipinski definition) is 3. The highest BCUT2D eigenvalue weighted by molar-refractivity contribution is 7.15. The van der Waals surface area contributed by atoms with Gasteiger partial charge in [0.05, 0.1) is 16.6 Å². The van der Waals surface area contributed by atoms with Gasteiger partial charge in [0.15, 0.2) is 0 Å². The molecule has 0 aromatic carbocycles. The van der Waals surface area contributed by atoms with Crippen LogP contribution in [0.15, 0.2) is 30.5 Å². The molecule has 134 valence electrons. The normalized spacial score (nSPS) is 16.4. The van der Waals surface area contributed by atoms with Gasteiger partial charge in [0.2, 0.25) is 0 Å². The van der Waals surface area contributed by atoms with Crippen LogP contribution in [0.4, 0.5) is 10.5 Å². The summed E-state index contributed by atoms with van der Waals surface area (Å²) >= 11 is 1.15. The van der Waals surface area contributed by atoms with Crippen LogP contribution in [0.2, 0.25) is 0 Å². The Morgan fingerprint density at radius 2 is 2.15 bits per heavy atom. The van der Waals surface area contributed by atoms with Gasteiger partial charge in [-0.2, -0.15) is 0 Å². The maximum atomic E-state index is 12.1. The SMILES string of the molecule is NC(=O)c1sc(C#Cc2ccccn2)cc1N(C(N)=O)[C@H]1CCCNC1. The van der Waals surface area contributed by atoms with E-state index in [1.807, 2.05) is 12.1 Å². The number of nitrogens with zero attached hydrogens (tertiary/aromatic N) is 2. The summed E-state index contributed by atoms with van der Waals surface area (Å²) in [5, 5.41) is 3.24. The second kappa shape index (κ2) is 7.99. The van der Waals surface area contributed by atoms with Crippen molar-refractivity contribution in [3.63, 3.8) is 0 Å². The fraction of sp³-hybridized carbons (Fsp3) is 0.278. The summed E-state index contributed by atoms with van der Waals surface area (Å²) < 4.78 is 0. The summed E-state index contributed by atoms with van der Waals surface area (Å²) in [6.45, 7) is 1.52. The lowest BCUT2D eigenvalue weighted by molar-refractivity contribution is 0.100. The summed E-state index contributed by atoms with van der Waals surface area (Å²) in [4.78, 5) is 30.5. The number of primary amides is 2. The molecule has 0 aliphatic carbocycles. The highest BCUT2D eigenvalue weighted by atomic mass is 32.1. The zero-order valence-electron chi connectivity index (χ0n) is 14.1. The summed E-state index contributed by atoms with van der Waals surface area (Å²) in [6.07, 6.45) is 3.39. The van der Waals surface area contributed by atoms with E-state index >= 15 is 0 Å². The quantitative estimate of drug-likeness (QED) is 0.707. The topological polar surface area (TPSA) is 114 Å². The van der Waals surface area contributed by atoms with Crippen LogP contribution < -0.4 is 21.7 Å². The van der Waals surface area contributed by atoms with Crippen molar-refractivity contribution in [3.8, 4) is 11.8 Å². The first-order chi connectivity index (χ1) is 12.6. The molecule has 0 radical (unpaired) electrons. The Morgan fingerprint density at radius 1 is 1.31 bits per heavy atom. The lowest BCUT2D eigenvalue weighted by atomic mass is 10.1. The molecule has 5 N–H and O–H groups in total. The highest BCUT2D eigenvalue weighted by Crippen LogP contribution is 2.32. The molecule has 1 atom stereocenters. The third-order valence-electron chi connectivity index (χ3n) is 4.05. The van der Waals surface area contributed by atoms with Crippen LogP contribution in [0.25, 0.3) is 0 Å². The fourth-order valence-corrected chi connectivity index (χ4v) is 3.76. The van der Waals surface area contributed by atoms with Crippen molar-refractivity contribution in [2.45, 2.75) is 18.9 Å². The first-order valence-electron chi connectivity index (χ1n) is 8.22. The van der Waals surface area contributed by atoms with Crippen LogP contribution in [0, 0.1) is 11.8 Å². The summed E-state index contributed by atoms with van der Waals surface area (Å²) in [6, 6.07) is 6.41. The van der Waals surface area contributed by atoms with Crippen LogP contribution >= 0.6 is 11.3 Å². The van der Waals surface area contributed by atoms with Gasteiger partial charge in [-0.3, -0.25) is 9.69 Å². The second-order valence-corrected chi connectivity index (χ2v) is 6.91. The number of hydrogen-bond acceptors (Lipinski definition) is 5. The average molecular weight is 369 g/mol. The Bertz CT molecular complexity index is 863. The standard InChI is InChI=1S/C18H19N5O2S/c19-17(24)16-15(23(18(20)25)13-5-3-8-21-11-13)10-14(26-16)7-6-12-4-1-2-9-22-12/h1-2,4,9-10,13,21H,3,5,8,11H2,(H2,19,24)(H2,20,25)/t13-/m0/s1. The molecule has 2 aromatic heterocycles. The molecule has 0 spiro atoms. The zero-order chi connectivity index (χ0) is 18.5. The summed E-state index contributed by atoms with van der Waals surface area (Å²) in [5.41, 5.74) is 12.2. The number of urea groups is 1. The molecule has 1 fully saturated rings. The second-order valence-electron chi connectivity index (χ2n) is 5.86. The maximum absolute atomic E-state index is 12.1. The number of aromatic nitrogens is 1. The molecule has 2 aromatic rings. The van der Waals surface area contributed by atoms with Crippen LogP contribution in [0.3, 0.4) is 0 Å². The molecule has 26 heavy (non-hydrogen) atoms. The minimum absolute atomic E-state index is 0.120. The van der Waals surface area contributed by atoms with Crippen molar-refractivity contribution < 1.29 is 9.59 Å². The molecule has 3 rings (SSSR count). The Kier molecular flexibility index (Phi) is 5.51. The Morgan fingerprint density at radius 3 is 2.77 bits per heavy atom. The molecule has 0 saturated carbocycles. The molecule has 3 heterocycles. The number of amides is 3. The molecule has 1 aliphatic rings. The van der Waals surface area contributed by atoms with E-state index in [1.54, 1.807) is 18.3 Å². The summed E-state index contributed by atoms with van der Waals surface area (Å²) in [7, 11) is 0. The number of thiophene rings is 1. The number of carbonyl (C=O) groups is 2. The predicted molar refractivity (Wildman–Crippen MR) is 101 cm³/mol. The molecular formula is C18H19N5O2S. The number of carbonyl (C=O) groups excluding carboxylic acids is 2. The molecular weight excluding hydrogens is 350 g/mol. The maximum Gasteiger partial charge on any atom is 0.319 e. The predicted octanol–water partition coefficient (Wildman–Crippen LogP) is 1.28. The number of piperidine rings is 1. The Balaban J connectivity index is 1.97. The average Bonchev–Trinajstić information content (AvgIpc) is 3.06. The molecule has 1 aliphatic heterocycles. The van der Waals surface area contributed by atoms with Crippen molar-refractivity contribution in [2.24, 2.45) is 11.5 Å². The van der Waals surface area contributed by atoms with E-state index in [1.165, 1.54) is 4.90 Å². The third-order valence-corrected chi connectivity index (χ3v) is 5.10. The van der Waals surface area contributed by atoms with Gasteiger partial charge in [0.25, 0.3) is 5.91 Å². The fourth-order valence-electron chi connectivity index (χ4n) is 2.91. The van der Waals surface area contributed by atoms with E-state index < -0.39 is 11.9 Å². The largest absolute Gasteiger partial charge is 0.365 e. The minimum Gasteiger partial charge on any atom is -0.365 e. The van der Waals surface area contributed by atoms with Gasteiger partial charge >= 0.3 is 6.03 Å². The van der Waals surface area contributed by atoms with Crippen molar-refractivity contribution in [3.05, 3.63) is 45.9 Å². The van der Waals surface area contributed by atoms with Gasteiger partial charge < -0.3 is 16.8 Å². The lowest BCUT2D eigenvalue weighted by Crippen LogP contribution is -2.51. The van der Waals surface area contributed by atoms with Crippen LogP contribution in [-0.2, 0) is 0 Å². The molecule has 3 amide bonds. The number of nitrogens with two attached hydrogens (primary N) is 2. The molecule has 0 bridgehead atoms. The number of pyridine rings is 1. The van der Waals surface area contributed by atoms with E-state index in [9.17, 15) is 9.59 Å². The summed E-state index contributed by atoms with van der Waals surface area (Å²) in [5.74, 6) is 5.31. The lowest BCUT2D eigenvalue weighted by Gasteiger charge is -2.33. The number of rotatable bonds is 3. The van der Waals surface area contributed by atoms with E-state index in [-0.39, 0.29) is 10.9 Å².